The molecule has 0 unspecified atom stereocenters. The van der Waals surface area contributed by atoms with Crippen LogP contribution in [0, 0.1) is 0 Å². The molecule has 1 aliphatic carbocycles. The Morgan fingerprint density at radius 1 is 1.25 bits per heavy atom. The van der Waals surface area contributed by atoms with Crippen LogP contribution in [0.5, 0.6) is 0 Å². The van der Waals surface area contributed by atoms with Gasteiger partial charge in [0.25, 0.3) is 0 Å². The van der Waals surface area contributed by atoms with Crippen LogP contribution >= 0.6 is 60.1 Å². The quantitative estimate of drug-likeness (QED) is 0.683. The summed E-state index contributed by atoms with van der Waals surface area (Å²) < 4.78 is 1.33. The van der Waals surface area contributed by atoms with Crippen molar-refractivity contribution in [1.82, 2.24) is 0 Å². The molecule has 1 aliphatic rings. The third kappa shape index (κ3) is 8.31. The predicted octanol–water partition coefficient (Wildman–Crippen LogP) is 3.64. The fourth-order valence-electron chi connectivity index (χ4n) is 0.694. The van der Waals surface area contributed by atoms with Gasteiger partial charge in [0, 0.05) is 0 Å². The number of allylic oxidation sites excluding steroid dienone is 4. The zero-order chi connectivity index (χ0) is 6.69. The molecule has 1 rings (SSSR count). The molecule has 0 aromatic rings. The van der Waals surface area contributed by atoms with Gasteiger partial charge < -0.3 is 0 Å². The molecule has 0 saturated heterocycles. The van der Waals surface area contributed by atoms with Gasteiger partial charge >= 0.3 is 74.1 Å². The maximum atomic E-state index is 5.61. The predicted molar refractivity (Wildman–Crippen MR) is 61.0 cm³/mol. The van der Waals surface area contributed by atoms with Gasteiger partial charge in [-0.1, -0.05) is 0 Å². The van der Waals surface area contributed by atoms with Gasteiger partial charge in [0.1, 0.15) is 0 Å². The van der Waals surface area contributed by atoms with Crippen molar-refractivity contribution in [1.29, 1.82) is 0 Å². The molecule has 7 heteroatoms. The van der Waals surface area contributed by atoms with Crippen molar-refractivity contribution >= 4 is 63.9 Å². The second kappa shape index (κ2) is 10.8. The van der Waals surface area contributed by atoms with E-state index in [1.54, 1.807) is 0 Å². The van der Waals surface area contributed by atoms with Crippen LogP contribution in [0.2, 0.25) is 0 Å². The van der Waals surface area contributed by atoms with Crippen molar-refractivity contribution in [3.8, 4) is 0 Å². The van der Waals surface area contributed by atoms with Gasteiger partial charge in [0.05, 0.1) is 0 Å². The molecule has 70 valence electrons. The van der Waals surface area contributed by atoms with E-state index in [1.165, 1.54) is 3.88 Å². The van der Waals surface area contributed by atoms with Crippen LogP contribution < -0.4 is 0 Å². The summed E-state index contributed by atoms with van der Waals surface area (Å²) in [6.07, 6.45) is 7.40. The van der Waals surface area contributed by atoms with Crippen molar-refractivity contribution in [3.63, 3.8) is 0 Å². The Hall–Kier alpha value is 1.71. The van der Waals surface area contributed by atoms with E-state index in [1.807, 2.05) is 0 Å². The fourth-order valence-corrected chi connectivity index (χ4v) is 2.96. The van der Waals surface area contributed by atoms with Crippen LogP contribution in [-0.4, -0.2) is 3.72 Å². The van der Waals surface area contributed by atoms with Gasteiger partial charge in [-0.15, -0.1) is 37.2 Å². The number of hydrogen-bond acceptors (Lipinski definition) is 0. The molecule has 0 atom stereocenters. The molecule has 0 saturated carbocycles. The van der Waals surface area contributed by atoms with Crippen LogP contribution in [0.25, 0.3) is 0 Å². The first kappa shape index (κ1) is 19.3. The second-order valence-corrected chi connectivity index (χ2v) is 6.36. The van der Waals surface area contributed by atoms with Crippen molar-refractivity contribution in [2.75, 3.05) is 0 Å². The van der Waals surface area contributed by atoms with Crippen LogP contribution in [0.1, 0.15) is 6.42 Å². The zero-order valence-corrected chi connectivity index (χ0v) is 11.5. The van der Waals surface area contributed by atoms with E-state index in [4.69, 9.17) is 22.9 Å². The van der Waals surface area contributed by atoms with Gasteiger partial charge in [-0.2, -0.15) is 0 Å². The van der Waals surface area contributed by atoms with Gasteiger partial charge in [-0.05, 0) is 0 Å². The van der Waals surface area contributed by atoms with Crippen molar-refractivity contribution < 1.29 is 19.0 Å². The first-order valence-corrected chi connectivity index (χ1v) is 5.25. The number of hydrogen-bond donors (Lipinski definition) is 0. The standard InChI is InChI=1S/C5H5.BCl2.3ClH.Ti/c1-2-4-5-3-1;2-1-3;;;;/h1-3H,4H2;;3*1H;/q;+1;;;;-1. The summed E-state index contributed by atoms with van der Waals surface area (Å²) in [5.41, 5.74) is 0. The molecule has 0 aliphatic heterocycles. The monoisotopic (exact) mass is 302 g/mol. The number of halogens is 5. The van der Waals surface area contributed by atoms with E-state index >= 15 is 0 Å². The molecule has 0 nitrogen and oxygen atoms in total. The Kier molecular flexibility index (Phi) is 17.4. The molecular formula is C5H8BCl5Ti. The zero-order valence-electron chi connectivity index (χ0n) is 6.00. The minimum atomic E-state index is -0.233. The molecule has 0 fully saturated rings. The van der Waals surface area contributed by atoms with E-state index in [-0.39, 0.29) is 59.9 Å². The van der Waals surface area contributed by atoms with E-state index in [0.29, 0.717) is 0 Å². The van der Waals surface area contributed by atoms with Crippen molar-refractivity contribution in [2.24, 2.45) is 0 Å². The van der Waals surface area contributed by atoms with E-state index < -0.39 is 0 Å². The van der Waals surface area contributed by atoms with Crippen molar-refractivity contribution in [3.05, 3.63) is 22.1 Å². The Morgan fingerprint density at radius 3 is 2.17 bits per heavy atom. The molecule has 0 heterocycles. The Bertz CT molecular complexity index is 158. The minimum absolute atomic E-state index is 0. The third-order valence-corrected chi connectivity index (χ3v) is 3.46. The van der Waals surface area contributed by atoms with Crippen molar-refractivity contribution in [2.45, 2.75) is 6.42 Å². The summed E-state index contributed by atoms with van der Waals surface area (Å²) >= 11 is 11.0. The topological polar surface area (TPSA) is 0 Å². The van der Waals surface area contributed by atoms with E-state index in [2.05, 4.69) is 18.2 Å². The summed E-state index contributed by atoms with van der Waals surface area (Å²) in [6, 6.07) is 0. The first-order chi connectivity index (χ1) is 4.29. The molecule has 0 bridgehead atoms. The summed E-state index contributed by atoms with van der Waals surface area (Å²) in [5.74, 6) is 0. The summed E-state index contributed by atoms with van der Waals surface area (Å²) in [6.45, 7) is 0. The molecule has 0 N–H and O–H groups in total. The number of rotatable bonds is 2. The third-order valence-electron chi connectivity index (χ3n) is 1.07. The van der Waals surface area contributed by atoms with Crippen LogP contribution in [0.4, 0.5) is 0 Å². The molecule has 0 radical (unpaired) electrons. The summed E-state index contributed by atoms with van der Waals surface area (Å²) in [7, 11) is 0. The Balaban J connectivity index is -0.000000270. The van der Waals surface area contributed by atoms with Crippen LogP contribution in [-0.2, 0) is 19.0 Å². The average molecular weight is 304 g/mol. The molecule has 0 spiro atoms. The first-order valence-electron chi connectivity index (χ1n) is 2.69. The van der Waals surface area contributed by atoms with Gasteiger partial charge in [-0.25, -0.2) is 0 Å². The van der Waals surface area contributed by atoms with Gasteiger partial charge in [0.15, 0.2) is 0 Å². The molecule has 0 amide bonds. The van der Waals surface area contributed by atoms with Gasteiger partial charge in [0.2, 0.25) is 0 Å². The second-order valence-electron chi connectivity index (χ2n) is 1.77. The molecular weight excluding hydrogens is 296 g/mol. The van der Waals surface area contributed by atoms with Gasteiger partial charge in [-0.3, -0.25) is 0 Å². The Morgan fingerprint density at radius 2 is 1.83 bits per heavy atom. The molecule has 0 aromatic heterocycles. The Labute approximate surface area is 110 Å². The summed E-state index contributed by atoms with van der Waals surface area (Å²) in [5, 5.41) is 0. The maximum absolute atomic E-state index is 5.61. The van der Waals surface area contributed by atoms with E-state index in [0.717, 1.165) is 6.42 Å². The normalized spacial score (nSPS) is 11.7. The molecule has 12 heavy (non-hydrogen) atoms. The average Bonchev–Trinajstić information content (AvgIpc) is 2.15. The van der Waals surface area contributed by atoms with E-state index in [9.17, 15) is 0 Å². The summed E-state index contributed by atoms with van der Waals surface area (Å²) in [4.78, 5) is 0. The molecule has 0 aromatic carbocycles. The van der Waals surface area contributed by atoms with Crippen LogP contribution in [0.15, 0.2) is 22.1 Å². The van der Waals surface area contributed by atoms with Crippen LogP contribution in [0.3, 0.4) is 0 Å². The fraction of sp³-hybridized carbons (Fsp3) is 0.200. The SMILES string of the molecule is Cl.Cl.Cl.Cl[B](Cl)[Ti][C]1=CC=CC1.